The summed E-state index contributed by atoms with van der Waals surface area (Å²) < 4.78 is 0. The number of rotatable bonds is 5. The fourth-order valence-electron chi connectivity index (χ4n) is 1.90. The lowest BCUT2D eigenvalue weighted by Gasteiger charge is -2.16. The van der Waals surface area contributed by atoms with Crippen LogP contribution in [0.25, 0.3) is 0 Å². The van der Waals surface area contributed by atoms with Crippen LogP contribution in [0, 0.1) is 5.92 Å². The van der Waals surface area contributed by atoms with E-state index in [1.165, 1.54) is 31.3 Å². The number of hydrogen-bond donors (Lipinski definition) is 2. The van der Waals surface area contributed by atoms with E-state index in [4.69, 9.17) is 5.73 Å². The predicted molar refractivity (Wildman–Crippen MR) is 67.0 cm³/mol. The Kier molecular flexibility index (Phi) is 5.53. The van der Waals surface area contributed by atoms with E-state index in [9.17, 15) is 4.79 Å². The van der Waals surface area contributed by atoms with Gasteiger partial charge in [0.15, 0.2) is 0 Å². The number of nitrogens with one attached hydrogen (secondary N) is 1. The van der Waals surface area contributed by atoms with Gasteiger partial charge in [-0.25, -0.2) is 0 Å². The van der Waals surface area contributed by atoms with Crippen molar-refractivity contribution < 1.29 is 4.79 Å². The fourth-order valence-corrected chi connectivity index (χ4v) is 1.90. The SMILES string of the molecule is CC(C)[C@@H](N)C(=O)NCCC1=CCCCC1. The number of carbonyl (C=O) groups is 1. The fraction of sp³-hybridized carbons (Fsp3) is 0.769. The van der Waals surface area contributed by atoms with E-state index in [2.05, 4.69) is 11.4 Å². The van der Waals surface area contributed by atoms with Crippen molar-refractivity contribution in [3.63, 3.8) is 0 Å². The molecule has 92 valence electrons. The Hall–Kier alpha value is -0.830. The third-order valence-electron chi connectivity index (χ3n) is 3.15. The molecule has 0 bridgehead atoms. The number of carbonyl (C=O) groups excluding carboxylic acids is 1. The summed E-state index contributed by atoms with van der Waals surface area (Å²) in [6.45, 7) is 4.66. The Morgan fingerprint density at radius 2 is 2.25 bits per heavy atom. The molecule has 1 aliphatic carbocycles. The van der Waals surface area contributed by atoms with Crippen molar-refractivity contribution in [1.82, 2.24) is 5.32 Å². The molecule has 3 heteroatoms. The van der Waals surface area contributed by atoms with Gasteiger partial charge in [0.1, 0.15) is 0 Å². The molecule has 0 saturated heterocycles. The van der Waals surface area contributed by atoms with Crippen LogP contribution in [0.5, 0.6) is 0 Å². The number of hydrogen-bond acceptors (Lipinski definition) is 2. The minimum Gasteiger partial charge on any atom is -0.354 e. The second kappa shape index (κ2) is 6.69. The van der Waals surface area contributed by atoms with E-state index in [0.717, 1.165) is 13.0 Å². The van der Waals surface area contributed by atoms with Crippen LogP contribution >= 0.6 is 0 Å². The summed E-state index contributed by atoms with van der Waals surface area (Å²) in [5.74, 6) is 0.181. The van der Waals surface area contributed by atoms with Crippen molar-refractivity contribution in [1.29, 1.82) is 0 Å². The topological polar surface area (TPSA) is 55.1 Å². The number of amides is 1. The molecule has 16 heavy (non-hydrogen) atoms. The maximum atomic E-state index is 11.6. The van der Waals surface area contributed by atoms with Crippen LogP contribution in [0.4, 0.5) is 0 Å². The van der Waals surface area contributed by atoms with Crippen molar-refractivity contribution in [3.05, 3.63) is 11.6 Å². The molecule has 0 spiro atoms. The molecule has 3 N–H and O–H groups in total. The van der Waals surface area contributed by atoms with Gasteiger partial charge in [-0.3, -0.25) is 4.79 Å². The Morgan fingerprint density at radius 3 is 2.81 bits per heavy atom. The zero-order chi connectivity index (χ0) is 12.0. The third-order valence-corrected chi connectivity index (χ3v) is 3.15. The molecule has 1 rings (SSSR count). The Labute approximate surface area is 98.5 Å². The smallest absolute Gasteiger partial charge is 0.237 e. The highest BCUT2D eigenvalue weighted by atomic mass is 16.2. The summed E-state index contributed by atoms with van der Waals surface area (Å²) in [4.78, 5) is 11.6. The van der Waals surface area contributed by atoms with Crippen molar-refractivity contribution in [2.24, 2.45) is 11.7 Å². The Balaban J connectivity index is 2.19. The lowest BCUT2D eigenvalue weighted by Crippen LogP contribution is -2.44. The molecule has 0 radical (unpaired) electrons. The maximum Gasteiger partial charge on any atom is 0.237 e. The first-order valence-corrected chi connectivity index (χ1v) is 6.32. The van der Waals surface area contributed by atoms with E-state index in [1.807, 2.05) is 13.8 Å². The van der Waals surface area contributed by atoms with E-state index in [1.54, 1.807) is 0 Å². The van der Waals surface area contributed by atoms with Gasteiger partial charge in [0.25, 0.3) is 0 Å². The summed E-state index contributed by atoms with van der Waals surface area (Å²) in [6.07, 6.45) is 8.31. The van der Waals surface area contributed by atoms with Crippen LogP contribution in [0.2, 0.25) is 0 Å². The summed E-state index contributed by atoms with van der Waals surface area (Å²) >= 11 is 0. The highest BCUT2D eigenvalue weighted by Crippen LogP contribution is 2.19. The zero-order valence-corrected chi connectivity index (χ0v) is 10.5. The summed E-state index contributed by atoms with van der Waals surface area (Å²) in [6, 6.07) is -0.375. The van der Waals surface area contributed by atoms with E-state index < -0.39 is 0 Å². The highest BCUT2D eigenvalue weighted by Gasteiger charge is 2.16. The van der Waals surface area contributed by atoms with Crippen LogP contribution in [0.3, 0.4) is 0 Å². The van der Waals surface area contributed by atoms with Gasteiger partial charge in [-0.1, -0.05) is 25.5 Å². The van der Waals surface area contributed by atoms with Gasteiger partial charge in [0.05, 0.1) is 6.04 Å². The molecule has 1 atom stereocenters. The number of allylic oxidation sites excluding steroid dienone is 1. The molecule has 0 fully saturated rings. The van der Waals surface area contributed by atoms with Crippen molar-refractivity contribution in [2.75, 3.05) is 6.54 Å². The van der Waals surface area contributed by atoms with Gasteiger partial charge in [0.2, 0.25) is 5.91 Å². The van der Waals surface area contributed by atoms with Gasteiger partial charge < -0.3 is 11.1 Å². The van der Waals surface area contributed by atoms with Gasteiger partial charge in [0, 0.05) is 6.54 Å². The van der Waals surface area contributed by atoms with Gasteiger partial charge in [-0.15, -0.1) is 0 Å². The van der Waals surface area contributed by atoms with Crippen LogP contribution in [0.1, 0.15) is 46.0 Å². The Morgan fingerprint density at radius 1 is 1.50 bits per heavy atom. The molecule has 0 aromatic heterocycles. The summed E-state index contributed by atoms with van der Waals surface area (Å²) in [5.41, 5.74) is 7.24. The molecular weight excluding hydrogens is 200 g/mol. The second-order valence-corrected chi connectivity index (χ2v) is 4.92. The predicted octanol–water partition coefficient (Wildman–Crippen LogP) is 1.98. The molecule has 3 nitrogen and oxygen atoms in total. The minimum atomic E-state index is -0.375. The normalized spacial score (nSPS) is 18.1. The lowest BCUT2D eigenvalue weighted by molar-refractivity contribution is -0.123. The average Bonchev–Trinajstić information content (AvgIpc) is 2.29. The van der Waals surface area contributed by atoms with E-state index in [-0.39, 0.29) is 17.9 Å². The van der Waals surface area contributed by atoms with Crippen molar-refractivity contribution in [3.8, 4) is 0 Å². The highest BCUT2D eigenvalue weighted by molar-refractivity contribution is 5.81. The molecule has 1 amide bonds. The molecule has 0 aromatic rings. The largest absolute Gasteiger partial charge is 0.354 e. The summed E-state index contributed by atoms with van der Waals surface area (Å²) in [7, 11) is 0. The van der Waals surface area contributed by atoms with Gasteiger partial charge in [-0.2, -0.15) is 0 Å². The molecule has 1 aliphatic rings. The van der Waals surface area contributed by atoms with Crippen LogP contribution in [-0.4, -0.2) is 18.5 Å². The van der Waals surface area contributed by atoms with Crippen LogP contribution in [-0.2, 0) is 4.79 Å². The zero-order valence-electron chi connectivity index (χ0n) is 10.5. The molecule has 0 unspecified atom stereocenters. The quantitative estimate of drug-likeness (QED) is 0.702. The molecule has 0 heterocycles. The van der Waals surface area contributed by atoms with Crippen molar-refractivity contribution >= 4 is 5.91 Å². The second-order valence-electron chi connectivity index (χ2n) is 4.92. The first-order chi connectivity index (χ1) is 7.61. The van der Waals surface area contributed by atoms with Crippen LogP contribution in [0.15, 0.2) is 11.6 Å². The van der Waals surface area contributed by atoms with Crippen molar-refractivity contribution in [2.45, 2.75) is 52.0 Å². The molecule has 0 aromatic carbocycles. The van der Waals surface area contributed by atoms with Gasteiger partial charge in [-0.05, 0) is 38.0 Å². The minimum absolute atomic E-state index is 0.0218. The molecule has 0 aliphatic heterocycles. The summed E-state index contributed by atoms with van der Waals surface area (Å²) in [5, 5.41) is 2.91. The third kappa shape index (κ3) is 4.35. The van der Waals surface area contributed by atoms with Gasteiger partial charge >= 0.3 is 0 Å². The van der Waals surface area contributed by atoms with E-state index in [0.29, 0.717) is 0 Å². The average molecular weight is 224 g/mol. The molecule has 0 saturated carbocycles. The first-order valence-electron chi connectivity index (χ1n) is 6.32. The maximum absolute atomic E-state index is 11.6. The number of nitrogens with two attached hydrogens (primary N) is 1. The Bertz CT molecular complexity index is 259. The van der Waals surface area contributed by atoms with Crippen LogP contribution < -0.4 is 11.1 Å². The van der Waals surface area contributed by atoms with E-state index >= 15 is 0 Å². The monoisotopic (exact) mass is 224 g/mol. The first kappa shape index (κ1) is 13.2. The molecular formula is C13H24N2O. The lowest BCUT2D eigenvalue weighted by atomic mass is 9.97. The standard InChI is InChI=1S/C13H24N2O/c1-10(2)12(14)13(16)15-9-8-11-6-4-3-5-7-11/h6,10,12H,3-5,7-9,14H2,1-2H3,(H,15,16)/t12-/m1/s1.